The SMILES string of the molecule is OCC1(CSc2nccc(-c3ccc(Cl)cc3)n2)CCC1. The van der Waals surface area contributed by atoms with E-state index in [-0.39, 0.29) is 12.0 Å². The van der Waals surface area contributed by atoms with E-state index in [2.05, 4.69) is 9.97 Å². The number of nitrogens with zero attached hydrogens (tertiary/aromatic N) is 2. The Labute approximate surface area is 133 Å². The van der Waals surface area contributed by atoms with Crippen LogP contribution >= 0.6 is 23.4 Å². The van der Waals surface area contributed by atoms with E-state index in [9.17, 15) is 5.11 Å². The van der Waals surface area contributed by atoms with E-state index in [1.165, 1.54) is 6.42 Å². The van der Waals surface area contributed by atoms with Gasteiger partial charge in [-0.3, -0.25) is 0 Å². The van der Waals surface area contributed by atoms with Crippen molar-refractivity contribution in [3.63, 3.8) is 0 Å². The summed E-state index contributed by atoms with van der Waals surface area (Å²) in [5.74, 6) is 0.883. The van der Waals surface area contributed by atoms with Crippen LogP contribution in [0.5, 0.6) is 0 Å². The minimum Gasteiger partial charge on any atom is -0.396 e. The molecule has 1 heterocycles. The van der Waals surface area contributed by atoms with E-state index in [1.807, 2.05) is 30.3 Å². The van der Waals surface area contributed by atoms with E-state index in [0.717, 1.165) is 40.0 Å². The highest BCUT2D eigenvalue weighted by Crippen LogP contribution is 2.43. The minimum atomic E-state index is 0.0876. The highest BCUT2D eigenvalue weighted by molar-refractivity contribution is 7.99. The molecule has 0 spiro atoms. The second-order valence-corrected chi connectivity index (χ2v) is 6.91. The van der Waals surface area contributed by atoms with Crippen LogP contribution in [0, 0.1) is 5.41 Å². The summed E-state index contributed by atoms with van der Waals surface area (Å²) in [4.78, 5) is 8.92. The van der Waals surface area contributed by atoms with Gasteiger partial charge in [0.1, 0.15) is 0 Å². The predicted octanol–water partition coefficient (Wildman–Crippen LogP) is 4.05. The minimum absolute atomic E-state index is 0.0876. The van der Waals surface area contributed by atoms with Crippen LogP contribution in [0.4, 0.5) is 0 Å². The molecule has 1 aliphatic carbocycles. The Morgan fingerprint density at radius 3 is 2.57 bits per heavy atom. The highest BCUT2D eigenvalue weighted by atomic mass is 35.5. The number of halogens is 1. The Morgan fingerprint density at radius 1 is 1.19 bits per heavy atom. The molecule has 1 N–H and O–H groups in total. The third-order valence-corrected chi connectivity index (χ3v) is 5.49. The number of aliphatic hydroxyl groups is 1. The van der Waals surface area contributed by atoms with Gasteiger partial charge < -0.3 is 5.11 Å². The fourth-order valence-electron chi connectivity index (χ4n) is 2.43. The highest BCUT2D eigenvalue weighted by Gasteiger charge is 2.36. The predicted molar refractivity (Wildman–Crippen MR) is 86.6 cm³/mol. The summed E-state index contributed by atoms with van der Waals surface area (Å²) in [6.45, 7) is 0.261. The summed E-state index contributed by atoms with van der Waals surface area (Å²) in [6, 6.07) is 9.54. The van der Waals surface area contributed by atoms with Crippen LogP contribution in [0.2, 0.25) is 5.02 Å². The third kappa shape index (κ3) is 3.39. The largest absolute Gasteiger partial charge is 0.396 e. The molecule has 1 aromatic heterocycles. The molecule has 1 aliphatic rings. The monoisotopic (exact) mass is 320 g/mol. The summed E-state index contributed by atoms with van der Waals surface area (Å²) in [5, 5.41) is 11.0. The Balaban J connectivity index is 1.72. The molecular weight excluding hydrogens is 304 g/mol. The maximum Gasteiger partial charge on any atom is 0.188 e. The van der Waals surface area contributed by atoms with E-state index in [0.29, 0.717) is 0 Å². The van der Waals surface area contributed by atoms with Crippen molar-refractivity contribution in [2.75, 3.05) is 12.4 Å². The second-order valence-electron chi connectivity index (χ2n) is 5.53. The van der Waals surface area contributed by atoms with Crippen molar-refractivity contribution < 1.29 is 5.11 Å². The Kier molecular flexibility index (Phi) is 4.48. The molecule has 2 aromatic rings. The van der Waals surface area contributed by atoms with Crippen LogP contribution in [0.15, 0.2) is 41.7 Å². The average Bonchev–Trinajstić information content (AvgIpc) is 2.48. The molecular formula is C16H17ClN2OS. The Morgan fingerprint density at radius 2 is 1.95 bits per heavy atom. The van der Waals surface area contributed by atoms with Crippen LogP contribution in [-0.2, 0) is 0 Å². The van der Waals surface area contributed by atoms with Gasteiger partial charge in [0.05, 0.1) is 5.69 Å². The quantitative estimate of drug-likeness (QED) is 0.667. The molecule has 0 atom stereocenters. The Hall–Kier alpha value is -1.10. The Bertz CT molecular complexity index is 608. The van der Waals surface area contributed by atoms with Crippen molar-refractivity contribution >= 4 is 23.4 Å². The standard InChI is InChI=1S/C16H17ClN2OS/c17-13-4-2-12(3-5-13)14-6-9-18-15(19-14)21-11-16(10-20)7-1-8-16/h2-6,9,20H,1,7-8,10-11H2. The molecule has 21 heavy (non-hydrogen) atoms. The lowest BCUT2D eigenvalue weighted by molar-refractivity contribution is 0.0685. The number of hydrogen-bond acceptors (Lipinski definition) is 4. The third-order valence-electron chi connectivity index (χ3n) is 4.03. The topological polar surface area (TPSA) is 46.0 Å². The van der Waals surface area contributed by atoms with Crippen molar-refractivity contribution in [1.82, 2.24) is 9.97 Å². The van der Waals surface area contributed by atoms with Gasteiger partial charge in [0.15, 0.2) is 5.16 Å². The first-order valence-corrected chi connectivity index (χ1v) is 8.40. The first-order chi connectivity index (χ1) is 10.2. The lowest BCUT2D eigenvalue weighted by atomic mass is 9.71. The zero-order chi connectivity index (χ0) is 14.7. The van der Waals surface area contributed by atoms with Crippen LogP contribution in [0.1, 0.15) is 19.3 Å². The molecule has 1 fully saturated rings. The number of aromatic nitrogens is 2. The van der Waals surface area contributed by atoms with E-state index in [4.69, 9.17) is 11.6 Å². The summed E-state index contributed by atoms with van der Waals surface area (Å²) < 4.78 is 0. The van der Waals surface area contributed by atoms with Gasteiger partial charge >= 0.3 is 0 Å². The molecule has 0 amide bonds. The molecule has 0 aliphatic heterocycles. The maximum atomic E-state index is 9.51. The molecule has 110 valence electrons. The zero-order valence-corrected chi connectivity index (χ0v) is 13.2. The zero-order valence-electron chi connectivity index (χ0n) is 11.6. The van der Waals surface area contributed by atoms with Crippen molar-refractivity contribution in [3.05, 3.63) is 41.6 Å². The molecule has 0 radical (unpaired) electrons. The molecule has 1 aromatic carbocycles. The van der Waals surface area contributed by atoms with E-state index in [1.54, 1.807) is 18.0 Å². The first-order valence-electron chi connectivity index (χ1n) is 7.03. The van der Waals surface area contributed by atoms with Crippen molar-refractivity contribution in [2.24, 2.45) is 5.41 Å². The molecule has 0 bridgehead atoms. The molecule has 5 heteroatoms. The van der Waals surface area contributed by atoms with Crippen molar-refractivity contribution in [3.8, 4) is 11.3 Å². The van der Waals surface area contributed by atoms with Crippen molar-refractivity contribution in [2.45, 2.75) is 24.4 Å². The summed E-state index contributed by atoms with van der Waals surface area (Å²) in [7, 11) is 0. The molecule has 3 nitrogen and oxygen atoms in total. The van der Waals surface area contributed by atoms with Gasteiger partial charge in [0.25, 0.3) is 0 Å². The number of rotatable bonds is 5. The van der Waals surface area contributed by atoms with Gasteiger partial charge in [-0.15, -0.1) is 0 Å². The van der Waals surface area contributed by atoms with Crippen LogP contribution in [0.3, 0.4) is 0 Å². The lowest BCUT2D eigenvalue weighted by Crippen LogP contribution is -2.35. The molecule has 0 unspecified atom stereocenters. The summed E-state index contributed by atoms with van der Waals surface area (Å²) in [5.41, 5.74) is 2.02. The van der Waals surface area contributed by atoms with Crippen LogP contribution in [-0.4, -0.2) is 27.4 Å². The van der Waals surface area contributed by atoms with Gasteiger partial charge in [0, 0.05) is 34.6 Å². The number of benzene rings is 1. The van der Waals surface area contributed by atoms with E-state index >= 15 is 0 Å². The van der Waals surface area contributed by atoms with Gasteiger partial charge in [-0.05, 0) is 31.0 Å². The average molecular weight is 321 g/mol. The maximum absolute atomic E-state index is 9.51. The van der Waals surface area contributed by atoms with Crippen LogP contribution in [0.25, 0.3) is 11.3 Å². The van der Waals surface area contributed by atoms with Gasteiger partial charge in [0.2, 0.25) is 0 Å². The van der Waals surface area contributed by atoms with Gasteiger partial charge in [-0.1, -0.05) is 41.9 Å². The normalized spacial score (nSPS) is 16.5. The molecule has 0 saturated heterocycles. The fraction of sp³-hybridized carbons (Fsp3) is 0.375. The second kappa shape index (κ2) is 6.34. The first kappa shape index (κ1) is 14.8. The van der Waals surface area contributed by atoms with Gasteiger partial charge in [-0.25, -0.2) is 9.97 Å². The lowest BCUT2D eigenvalue weighted by Gasteiger charge is -2.39. The van der Waals surface area contributed by atoms with Crippen molar-refractivity contribution in [1.29, 1.82) is 0 Å². The molecule has 3 rings (SSSR count). The van der Waals surface area contributed by atoms with E-state index < -0.39 is 0 Å². The number of hydrogen-bond donors (Lipinski definition) is 1. The smallest absolute Gasteiger partial charge is 0.188 e. The number of aliphatic hydroxyl groups excluding tert-OH is 1. The summed E-state index contributed by atoms with van der Waals surface area (Å²) in [6.07, 6.45) is 5.21. The fourth-order valence-corrected chi connectivity index (χ4v) is 3.67. The number of thioether (sulfide) groups is 1. The summed E-state index contributed by atoms with van der Waals surface area (Å²) >= 11 is 7.54. The van der Waals surface area contributed by atoms with Gasteiger partial charge in [-0.2, -0.15) is 0 Å². The van der Waals surface area contributed by atoms with Crippen LogP contribution < -0.4 is 0 Å². The molecule has 1 saturated carbocycles.